The van der Waals surface area contributed by atoms with Gasteiger partial charge in [0.25, 0.3) is 0 Å². The summed E-state index contributed by atoms with van der Waals surface area (Å²) in [6.45, 7) is 0. The fourth-order valence-corrected chi connectivity index (χ4v) is 7.28. The molecule has 5 rings (SSSR count). The van der Waals surface area contributed by atoms with Crippen molar-refractivity contribution in [3.63, 3.8) is 0 Å². The number of hydrogen-bond acceptors (Lipinski definition) is 2. The Bertz CT molecular complexity index is 763. The Hall–Kier alpha value is -1.24. The lowest BCUT2D eigenvalue weighted by atomic mass is 9.49. The molecule has 1 aromatic carbocycles. The first-order chi connectivity index (χ1) is 12.5. The molecule has 3 nitrogen and oxygen atoms in total. The van der Waals surface area contributed by atoms with E-state index in [2.05, 4.69) is 21.2 Å². The summed E-state index contributed by atoms with van der Waals surface area (Å²) >= 11 is 3.85. The number of carbonyl (C=O) groups excluding carboxylic acids is 1. The van der Waals surface area contributed by atoms with Gasteiger partial charge < -0.3 is 10.2 Å². The van der Waals surface area contributed by atoms with Crippen molar-refractivity contribution in [3.05, 3.63) is 23.8 Å². The number of alkyl halides is 4. The Labute approximate surface area is 165 Å². The fourth-order valence-electron chi connectivity index (χ4n) is 5.83. The summed E-state index contributed by atoms with van der Waals surface area (Å²) in [4.78, 5) is 14.8. The fraction of sp³-hybridized carbons (Fsp3) is 0.650. The molecule has 4 fully saturated rings. The number of nitrogens with one attached hydrogen (secondary N) is 1. The lowest BCUT2D eigenvalue weighted by molar-refractivity contribution is -0.139. The van der Waals surface area contributed by atoms with Crippen LogP contribution in [-0.2, 0) is 11.0 Å². The van der Waals surface area contributed by atoms with Crippen LogP contribution in [0, 0.1) is 17.3 Å². The molecule has 1 aromatic rings. The van der Waals surface area contributed by atoms with Gasteiger partial charge in [-0.15, -0.1) is 0 Å². The van der Waals surface area contributed by atoms with Crippen LogP contribution in [0.1, 0.15) is 44.1 Å². The normalized spacial score (nSPS) is 34.6. The molecule has 7 heteroatoms. The second-order valence-corrected chi connectivity index (χ2v) is 10.7. The van der Waals surface area contributed by atoms with E-state index >= 15 is 0 Å². The van der Waals surface area contributed by atoms with Gasteiger partial charge in [0.15, 0.2) is 0 Å². The van der Waals surface area contributed by atoms with Crippen molar-refractivity contribution in [2.75, 3.05) is 24.3 Å². The SMILES string of the molecule is CN(C)c1ccc(NC(=O)C23CC4CC(CC(Br)(C4)C2)C3)c(C(F)(F)F)c1. The molecule has 4 bridgehead atoms. The van der Waals surface area contributed by atoms with Gasteiger partial charge in [0.1, 0.15) is 0 Å². The van der Waals surface area contributed by atoms with E-state index < -0.39 is 17.2 Å². The molecule has 0 saturated heterocycles. The van der Waals surface area contributed by atoms with Crippen LogP contribution in [0.15, 0.2) is 18.2 Å². The molecule has 0 radical (unpaired) electrons. The minimum atomic E-state index is -4.52. The molecule has 4 aliphatic carbocycles. The van der Waals surface area contributed by atoms with Gasteiger partial charge >= 0.3 is 6.18 Å². The van der Waals surface area contributed by atoms with E-state index in [0.717, 1.165) is 44.6 Å². The van der Waals surface area contributed by atoms with Crippen LogP contribution in [0.5, 0.6) is 0 Å². The standard InChI is InChI=1S/C20H24BrF3N2O/c1-26(2)14-3-4-16(15(6-14)20(22,23)24)25-17(27)18-7-12-5-13(8-18)10-19(21,9-12)11-18/h3-4,6,12-13H,5,7-11H2,1-2H3,(H,25,27). The third kappa shape index (κ3) is 3.36. The zero-order chi connectivity index (χ0) is 19.6. The van der Waals surface area contributed by atoms with Crippen LogP contribution in [0.3, 0.4) is 0 Å². The van der Waals surface area contributed by atoms with Gasteiger partial charge in [-0.3, -0.25) is 4.79 Å². The van der Waals surface area contributed by atoms with Crippen LogP contribution in [0.25, 0.3) is 0 Å². The molecule has 148 valence electrons. The Balaban J connectivity index is 1.64. The molecule has 0 spiro atoms. The van der Waals surface area contributed by atoms with Gasteiger partial charge in [0, 0.05) is 24.1 Å². The number of anilines is 2. The van der Waals surface area contributed by atoms with Gasteiger partial charge in [0.2, 0.25) is 5.91 Å². The van der Waals surface area contributed by atoms with Gasteiger partial charge in [0.05, 0.1) is 16.7 Å². The summed E-state index contributed by atoms with van der Waals surface area (Å²) in [7, 11) is 3.39. The molecule has 0 heterocycles. The summed E-state index contributed by atoms with van der Waals surface area (Å²) in [5, 5.41) is 2.66. The first kappa shape index (κ1) is 19.1. The highest BCUT2D eigenvalue weighted by molar-refractivity contribution is 9.10. The highest BCUT2D eigenvalue weighted by Crippen LogP contribution is 2.64. The van der Waals surface area contributed by atoms with E-state index in [1.54, 1.807) is 25.1 Å². The maximum atomic E-state index is 13.6. The predicted molar refractivity (Wildman–Crippen MR) is 103 cm³/mol. The predicted octanol–water partition coefficient (Wildman–Crippen LogP) is 5.44. The van der Waals surface area contributed by atoms with E-state index in [4.69, 9.17) is 0 Å². The molecule has 2 unspecified atom stereocenters. The lowest BCUT2D eigenvalue weighted by Gasteiger charge is -2.59. The van der Waals surface area contributed by atoms with Gasteiger partial charge in [-0.25, -0.2) is 0 Å². The third-order valence-electron chi connectivity index (χ3n) is 6.54. The van der Waals surface area contributed by atoms with E-state index in [1.165, 1.54) is 6.07 Å². The van der Waals surface area contributed by atoms with E-state index in [9.17, 15) is 18.0 Å². The molecule has 4 saturated carbocycles. The van der Waals surface area contributed by atoms with Crippen molar-refractivity contribution in [2.45, 2.75) is 49.0 Å². The quantitative estimate of drug-likeness (QED) is 0.629. The number of carbonyl (C=O) groups is 1. The second-order valence-electron chi connectivity index (χ2n) is 8.97. The van der Waals surface area contributed by atoms with Crippen LogP contribution in [-0.4, -0.2) is 24.3 Å². The Morgan fingerprint density at radius 1 is 1.19 bits per heavy atom. The molecule has 27 heavy (non-hydrogen) atoms. The largest absolute Gasteiger partial charge is 0.418 e. The third-order valence-corrected chi connectivity index (χ3v) is 7.47. The van der Waals surface area contributed by atoms with E-state index in [0.29, 0.717) is 17.5 Å². The van der Waals surface area contributed by atoms with Gasteiger partial charge in [-0.1, -0.05) is 15.9 Å². The smallest absolute Gasteiger partial charge is 0.378 e. The molecule has 1 N–H and O–H groups in total. The monoisotopic (exact) mass is 444 g/mol. The summed E-state index contributed by atoms with van der Waals surface area (Å²) < 4.78 is 40.7. The first-order valence-electron chi connectivity index (χ1n) is 9.39. The van der Waals surface area contributed by atoms with Gasteiger partial charge in [-0.2, -0.15) is 13.2 Å². The maximum Gasteiger partial charge on any atom is 0.418 e. The van der Waals surface area contributed by atoms with Gasteiger partial charge in [-0.05, 0) is 68.6 Å². The Morgan fingerprint density at radius 3 is 2.33 bits per heavy atom. The molecule has 4 aliphatic rings. The number of amides is 1. The van der Waals surface area contributed by atoms with Crippen LogP contribution in [0.2, 0.25) is 0 Å². The first-order valence-corrected chi connectivity index (χ1v) is 10.2. The van der Waals surface area contributed by atoms with Crippen molar-refractivity contribution < 1.29 is 18.0 Å². The highest BCUT2D eigenvalue weighted by atomic mass is 79.9. The molecule has 0 aromatic heterocycles. The highest BCUT2D eigenvalue weighted by Gasteiger charge is 2.59. The summed E-state index contributed by atoms with van der Waals surface area (Å²) in [6, 6.07) is 4.08. The molecular formula is C20H24BrF3N2O. The van der Waals surface area contributed by atoms with E-state index in [1.807, 2.05) is 0 Å². The average Bonchev–Trinajstić information content (AvgIpc) is 2.51. The maximum absolute atomic E-state index is 13.6. The molecule has 0 aliphatic heterocycles. The summed E-state index contributed by atoms with van der Waals surface area (Å²) in [5.74, 6) is 0.743. The van der Waals surface area contributed by atoms with Crippen molar-refractivity contribution in [3.8, 4) is 0 Å². The van der Waals surface area contributed by atoms with Crippen molar-refractivity contribution >= 4 is 33.2 Å². The molecular weight excluding hydrogens is 421 g/mol. The lowest BCUT2D eigenvalue weighted by Crippen LogP contribution is -2.57. The van der Waals surface area contributed by atoms with Crippen LogP contribution in [0.4, 0.5) is 24.5 Å². The topological polar surface area (TPSA) is 32.3 Å². The minimum Gasteiger partial charge on any atom is -0.378 e. The van der Waals surface area contributed by atoms with Crippen molar-refractivity contribution in [2.24, 2.45) is 17.3 Å². The molecule has 2 atom stereocenters. The number of nitrogens with zero attached hydrogens (tertiary/aromatic N) is 1. The van der Waals surface area contributed by atoms with Crippen LogP contribution >= 0.6 is 15.9 Å². The summed E-state index contributed by atoms with van der Waals surface area (Å²) in [5.41, 5.74) is -1.02. The molecule has 1 amide bonds. The number of halogens is 4. The van der Waals surface area contributed by atoms with E-state index in [-0.39, 0.29) is 15.9 Å². The second kappa shape index (κ2) is 6.13. The minimum absolute atomic E-state index is 0.0178. The average molecular weight is 445 g/mol. The number of benzene rings is 1. The van der Waals surface area contributed by atoms with Crippen molar-refractivity contribution in [1.29, 1.82) is 0 Å². The number of hydrogen-bond donors (Lipinski definition) is 1. The zero-order valence-corrected chi connectivity index (χ0v) is 17.1. The summed E-state index contributed by atoms with van der Waals surface area (Å²) in [6.07, 6.45) is 1.07. The van der Waals surface area contributed by atoms with Crippen LogP contribution < -0.4 is 10.2 Å². The Kier molecular flexibility index (Phi) is 4.33. The zero-order valence-electron chi connectivity index (χ0n) is 15.5. The Morgan fingerprint density at radius 2 is 1.81 bits per heavy atom. The number of rotatable bonds is 3. The van der Waals surface area contributed by atoms with Crippen molar-refractivity contribution in [1.82, 2.24) is 0 Å².